The van der Waals surface area contributed by atoms with Crippen LogP contribution in [0.5, 0.6) is 5.75 Å². The Hall–Kier alpha value is -1.57. The summed E-state index contributed by atoms with van der Waals surface area (Å²) >= 11 is 0. The molecule has 0 aromatic heterocycles. The minimum atomic E-state index is 0.204. The predicted molar refractivity (Wildman–Crippen MR) is 52.8 cm³/mol. The van der Waals surface area contributed by atoms with Gasteiger partial charge in [0.2, 0.25) is 0 Å². The number of carbonyl (C=O) groups excluding carboxylic acids is 1. The van der Waals surface area contributed by atoms with E-state index < -0.39 is 0 Å². The number of rotatable bonds is 3. The second-order valence-electron chi connectivity index (χ2n) is 2.75. The zero-order chi connectivity index (χ0) is 9.68. The first-order valence-corrected chi connectivity index (χ1v) is 4.22. The van der Waals surface area contributed by atoms with E-state index in [4.69, 9.17) is 0 Å². The van der Waals surface area contributed by atoms with E-state index in [-0.39, 0.29) is 5.75 Å². The number of hydrogen-bond donors (Lipinski definition) is 1. The summed E-state index contributed by atoms with van der Waals surface area (Å²) in [7, 11) is 0. The largest absolute Gasteiger partial charge is 0.507 e. The zero-order valence-electron chi connectivity index (χ0n) is 7.53. The van der Waals surface area contributed by atoms with Crippen LogP contribution in [0.3, 0.4) is 0 Å². The minimum Gasteiger partial charge on any atom is -0.507 e. The first-order valence-electron chi connectivity index (χ1n) is 4.22. The smallest absolute Gasteiger partial charge is 0.150 e. The molecule has 0 spiro atoms. The number of allylic oxidation sites excluding steroid dienone is 1. The molecule has 13 heavy (non-hydrogen) atoms. The maximum Gasteiger partial charge on any atom is 0.150 e. The van der Waals surface area contributed by atoms with Gasteiger partial charge in [-0.15, -0.1) is 0 Å². The summed E-state index contributed by atoms with van der Waals surface area (Å²) in [5, 5.41) is 9.39. The molecule has 0 aliphatic rings. The van der Waals surface area contributed by atoms with E-state index in [0.717, 1.165) is 12.7 Å². The second-order valence-corrected chi connectivity index (χ2v) is 2.75. The van der Waals surface area contributed by atoms with Crippen LogP contribution in [0.25, 0.3) is 6.08 Å². The van der Waals surface area contributed by atoms with Crippen molar-refractivity contribution in [1.82, 2.24) is 0 Å². The molecular formula is C11H12O2. The monoisotopic (exact) mass is 176 g/mol. The molecule has 2 heteroatoms. The molecule has 0 atom stereocenters. The number of carbonyl (C=O) groups is 1. The van der Waals surface area contributed by atoms with Crippen molar-refractivity contribution < 1.29 is 9.90 Å². The zero-order valence-corrected chi connectivity index (χ0v) is 7.53. The van der Waals surface area contributed by atoms with Crippen molar-refractivity contribution in [2.75, 3.05) is 0 Å². The summed E-state index contributed by atoms with van der Waals surface area (Å²) in [5.74, 6) is 0.204. The SMILES string of the molecule is CC/C=C/c1cc(C=O)ccc1O. The molecule has 0 saturated carbocycles. The predicted octanol–water partition coefficient (Wildman–Crippen LogP) is 2.63. The highest BCUT2D eigenvalue weighted by Crippen LogP contribution is 2.19. The van der Waals surface area contributed by atoms with Gasteiger partial charge in [-0.1, -0.05) is 19.1 Å². The third-order valence-corrected chi connectivity index (χ3v) is 1.72. The minimum absolute atomic E-state index is 0.204. The van der Waals surface area contributed by atoms with Gasteiger partial charge in [0.15, 0.2) is 0 Å². The third kappa shape index (κ3) is 2.44. The highest BCUT2D eigenvalue weighted by atomic mass is 16.3. The van der Waals surface area contributed by atoms with Crippen molar-refractivity contribution in [3.8, 4) is 5.75 Å². The van der Waals surface area contributed by atoms with Gasteiger partial charge in [-0.3, -0.25) is 4.79 Å². The topological polar surface area (TPSA) is 37.3 Å². The maximum atomic E-state index is 10.4. The molecule has 1 aromatic rings. The molecule has 0 unspecified atom stereocenters. The number of benzene rings is 1. The van der Waals surface area contributed by atoms with Gasteiger partial charge in [-0.25, -0.2) is 0 Å². The summed E-state index contributed by atoms with van der Waals surface area (Å²) in [6.45, 7) is 2.01. The molecule has 0 amide bonds. The van der Waals surface area contributed by atoms with E-state index in [1.807, 2.05) is 19.1 Å². The van der Waals surface area contributed by atoms with Crippen LogP contribution in [-0.2, 0) is 0 Å². The van der Waals surface area contributed by atoms with Gasteiger partial charge in [0.25, 0.3) is 0 Å². The summed E-state index contributed by atoms with van der Waals surface area (Å²) < 4.78 is 0. The van der Waals surface area contributed by atoms with Crippen LogP contribution in [0.1, 0.15) is 29.3 Å². The number of phenols is 1. The van der Waals surface area contributed by atoms with E-state index in [9.17, 15) is 9.90 Å². The van der Waals surface area contributed by atoms with Crippen LogP contribution in [0.15, 0.2) is 24.3 Å². The lowest BCUT2D eigenvalue weighted by molar-refractivity contribution is 0.112. The summed E-state index contributed by atoms with van der Waals surface area (Å²) in [6.07, 6.45) is 5.42. The molecule has 0 saturated heterocycles. The molecule has 1 N–H and O–H groups in total. The van der Waals surface area contributed by atoms with Crippen molar-refractivity contribution in [3.63, 3.8) is 0 Å². The highest BCUT2D eigenvalue weighted by molar-refractivity contribution is 5.77. The van der Waals surface area contributed by atoms with Gasteiger partial charge in [0, 0.05) is 11.1 Å². The Morgan fingerprint density at radius 1 is 1.46 bits per heavy atom. The summed E-state index contributed by atoms with van der Waals surface area (Å²) in [5.41, 5.74) is 1.26. The van der Waals surface area contributed by atoms with Crippen LogP contribution in [-0.4, -0.2) is 11.4 Å². The summed E-state index contributed by atoms with van der Waals surface area (Å²) in [6, 6.07) is 4.78. The van der Waals surface area contributed by atoms with Crippen LogP contribution in [0, 0.1) is 0 Å². The molecule has 0 radical (unpaired) electrons. The lowest BCUT2D eigenvalue weighted by Crippen LogP contribution is -1.81. The van der Waals surface area contributed by atoms with Crippen molar-refractivity contribution in [2.45, 2.75) is 13.3 Å². The molecule has 0 aliphatic heterocycles. The van der Waals surface area contributed by atoms with Crippen LogP contribution < -0.4 is 0 Å². The Morgan fingerprint density at radius 2 is 2.23 bits per heavy atom. The Balaban J connectivity index is 3.03. The Morgan fingerprint density at radius 3 is 2.85 bits per heavy atom. The van der Waals surface area contributed by atoms with Crippen LogP contribution in [0.4, 0.5) is 0 Å². The molecule has 2 nitrogen and oxygen atoms in total. The summed E-state index contributed by atoms with van der Waals surface area (Å²) in [4.78, 5) is 10.4. The van der Waals surface area contributed by atoms with Crippen LogP contribution in [0.2, 0.25) is 0 Å². The van der Waals surface area contributed by atoms with E-state index >= 15 is 0 Å². The number of hydrogen-bond acceptors (Lipinski definition) is 2. The Bertz CT molecular complexity index is 327. The average molecular weight is 176 g/mol. The van der Waals surface area contributed by atoms with Gasteiger partial charge in [-0.05, 0) is 24.6 Å². The molecule has 68 valence electrons. The van der Waals surface area contributed by atoms with E-state index in [0.29, 0.717) is 11.1 Å². The molecule has 1 aromatic carbocycles. The lowest BCUT2D eigenvalue weighted by Gasteiger charge is -1.98. The quantitative estimate of drug-likeness (QED) is 0.719. The van der Waals surface area contributed by atoms with E-state index in [1.54, 1.807) is 12.1 Å². The Kier molecular flexibility index (Phi) is 3.26. The molecule has 1 rings (SSSR count). The van der Waals surface area contributed by atoms with E-state index in [1.165, 1.54) is 6.07 Å². The lowest BCUT2D eigenvalue weighted by atomic mass is 10.1. The standard InChI is InChI=1S/C11H12O2/c1-2-3-4-10-7-9(8-12)5-6-11(10)13/h3-8,13H,2H2,1H3/b4-3+. The van der Waals surface area contributed by atoms with Crippen molar-refractivity contribution in [3.05, 3.63) is 35.4 Å². The number of phenolic OH excluding ortho intramolecular Hbond substituents is 1. The molecule has 0 heterocycles. The molecule has 0 bridgehead atoms. The van der Waals surface area contributed by atoms with Crippen molar-refractivity contribution in [2.24, 2.45) is 0 Å². The second kappa shape index (κ2) is 4.45. The molecule has 0 aliphatic carbocycles. The van der Waals surface area contributed by atoms with Crippen LogP contribution >= 0.6 is 0 Å². The van der Waals surface area contributed by atoms with Crippen molar-refractivity contribution >= 4 is 12.4 Å². The highest BCUT2D eigenvalue weighted by Gasteiger charge is 1.97. The van der Waals surface area contributed by atoms with Gasteiger partial charge in [0.05, 0.1) is 0 Å². The third-order valence-electron chi connectivity index (χ3n) is 1.72. The average Bonchev–Trinajstić information content (AvgIpc) is 2.17. The fraction of sp³-hybridized carbons (Fsp3) is 0.182. The number of aldehydes is 1. The normalized spacial score (nSPS) is 10.5. The van der Waals surface area contributed by atoms with Gasteiger partial charge >= 0.3 is 0 Å². The molecule has 0 fully saturated rings. The first-order chi connectivity index (χ1) is 6.27. The van der Waals surface area contributed by atoms with Gasteiger partial charge in [-0.2, -0.15) is 0 Å². The Labute approximate surface area is 77.5 Å². The van der Waals surface area contributed by atoms with Gasteiger partial charge < -0.3 is 5.11 Å². The van der Waals surface area contributed by atoms with E-state index in [2.05, 4.69) is 0 Å². The van der Waals surface area contributed by atoms with Gasteiger partial charge in [0.1, 0.15) is 12.0 Å². The number of aromatic hydroxyl groups is 1. The van der Waals surface area contributed by atoms with Crippen molar-refractivity contribution in [1.29, 1.82) is 0 Å². The maximum absolute atomic E-state index is 10.4. The fourth-order valence-corrected chi connectivity index (χ4v) is 1.02. The fourth-order valence-electron chi connectivity index (χ4n) is 1.02. The first kappa shape index (κ1) is 9.52. The molecular weight excluding hydrogens is 164 g/mol.